The lowest BCUT2D eigenvalue weighted by molar-refractivity contribution is 0.0467. The molecule has 0 saturated heterocycles. The number of nitrogens with zero attached hydrogens (tertiary/aromatic N) is 1. The van der Waals surface area contributed by atoms with Gasteiger partial charge in [-0.3, -0.25) is 4.98 Å². The molecule has 0 fully saturated rings. The Hall–Kier alpha value is -1.19. The van der Waals surface area contributed by atoms with Crippen LogP contribution in [0.25, 0.3) is 6.08 Å². The summed E-state index contributed by atoms with van der Waals surface area (Å²) in [6, 6.07) is 3.02. The predicted molar refractivity (Wildman–Crippen MR) is 44.2 cm³/mol. The first kappa shape index (κ1) is 5.45. The SMILES string of the molecule is [2H][C@]1(O)C=Cc2ncccc2[C@]1([2H])O. The number of hydrogen-bond acceptors (Lipinski definition) is 3. The Bertz CT molecular complexity index is 402. The summed E-state index contributed by atoms with van der Waals surface area (Å²) in [7, 11) is 0. The lowest BCUT2D eigenvalue weighted by Crippen LogP contribution is -2.19. The van der Waals surface area contributed by atoms with E-state index in [2.05, 4.69) is 4.98 Å². The minimum atomic E-state index is -2.37. The highest BCUT2D eigenvalue weighted by molar-refractivity contribution is 5.54. The fourth-order valence-corrected chi connectivity index (χ4v) is 1.13. The normalized spacial score (nSPS) is 41.5. The third kappa shape index (κ3) is 1.03. The maximum Gasteiger partial charge on any atom is 0.111 e. The van der Waals surface area contributed by atoms with Gasteiger partial charge in [0.15, 0.2) is 0 Å². The van der Waals surface area contributed by atoms with E-state index in [0.29, 0.717) is 5.69 Å². The van der Waals surface area contributed by atoms with Crippen molar-refractivity contribution >= 4 is 6.08 Å². The predicted octanol–water partition coefficient (Wildman–Crippen LogP) is 0.503. The quantitative estimate of drug-likeness (QED) is 0.588. The van der Waals surface area contributed by atoms with Crippen LogP contribution in [0.1, 0.15) is 20.1 Å². The molecule has 2 rings (SSSR count). The minimum Gasteiger partial charge on any atom is -0.386 e. The molecule has 0 saturated carbocycles. The lowest BCUT2D eigenvalue weighted by atomic mass is 9.97. The lowest BCUT2D eigenvalue weighted by Gasteiger charge is -2.20. The van der Waals surface area contributed by atoms with Crippen LogP contribution in [-0.2, 0) is 0 Å². The van der Waals surface area contributed by atoms with Crippen molar-refractivity contribution in [3.8, 4) is 0 Å². The van der Waals surface area contributed by atoms with Crippen molar-refractivity contribution in [3.63, 3.8) is 0 Å². The van der Waals surface area contributed by atoms with E-state index in [9.17, 15) is 10.2 Å². The summed E-state index contributed by atoms with van der Waals surface area (Å²) in [6.07, 6.45) is -0.706. The summed E-state index contributed by atoms with van der Waals surface area (Å²) < 4.78 is 14.9. The molecule has 12 heavy (non-hydrogen) atoms. The number of hydrogen-bond donors (Lipinski definition) is 2. The van der Waals surface area contributed by atoms with E-state index in [1.54, 1.807) is 6.07 Å². The molecule has 0 radical (unpaired) electrons. The van der Waals surface area contributed by atoms with Crippen molar-refractivity contribution in [2.75, 3.05) is 0 Å². The third-order valence-electron chi connectivity index (χ3n) is 1.74. The molecule has 2 N–H and O–H groups in total. The van der Waals surface area contributed by atoms with Crippen LogP contribution in [-0.4, -0.2) is 21.3 Å². The molecule has 0 amide bonds. The largest absolute Gasteiger partial charge is 0.386 e. The zero-order valence-electron chi connectivity index (χ0n) is 8.23. The summed E-state index contributed by atoms with van der Waals surface area (Å²) in [4.78, 5) is 3.92. The minimum absolute atomic E-state index is 0.139. The van der Waals surface area contributed by atoms with E-state index in [0.717, 1.165) is 6.08 Å². The molecular weight excluding hydrogens is 154 g/mol. The summed E-state index contributed by atoms with van der Waals surface area (Å²) in [5, 5.41) is 19.2. The molecule has 1 aromatic heterocycles. The van der Waals surface area contributed by atoms with Crippen LogP contribution < -0.4 is 0 Å². The number of fused-ring (bicyclic) bond motifs is 1. The van der Waals surface area contributed by atoms with Gasteiger partial charge < -0.3 is 10.2 Å². The topological polar surface area (TPSA) is 53.4 Å². The van der Waals surface area contributed by atoms with Crippen molar-refractivity contribution < 1.29 is 13.0 Å². The van der Waals surface area contributed by atoms with Gasteiger partial charge in [0, 0.05) is 11.8 Å². The Morgan fingerprint density at radius 3 is 3.17 bits per heavy atom. The van der Waals surface area contributed by atoms with Crippen LogP contribution in [0.4, 0.5) is 0 Å². The second-order valence-electron chi connectivity index (χ2n) is 2.50. The van der Waals surface area contributed by atoms with Crippen molar-refractivity contribution in [2.24, 2.45) is 0 Å². The monoisotopic (exact) mass is 165 g/mol. The van der Waals surface area contributed by atoms with Gasteiger partial charge in [-0.25, -0.2) is 0 Å². The zero-order chi connectivity index (χ0) is 10.4. The van der Waals surface area contributed by atoms with Crippen molar-refractivity contribution in [2.45, 2.75) is 12.2 Å². The van der Waals surface area contributed by atoms with Crippen molar-refractivity contribution in [1.29, 1.82) is 0 Å². The van der Waals surface area contributed by atoms with E-state index < -0.39 is 12.2 Å². The summed E-state index contributed by atoms with van der Waals surface area (Å²) in [6.45, 7) is 0. The van der Waals surface area contributed by atoms with E-state index in [1.165, 1.54) is 18.3 Å². The van der Waals surface area contributed by atoms with Gasteiger partial charge in [0.05, 0.1) is 8.44 Å². The van der Waals surface area contributed by atoms with Gasteiger partial charge in [0.1, 0.15) is 12.2 Å². The molecule has 2 atom stereocenters. The van der Waals surface area contributed by atoms with E-state index in [4.69, 9.17) is 2.74 Å². The van der Waals surface area contributed by atoms with Gasteiger partial charge in [-0.05, 0) is 12.1 Å². The van der Waals surface area contributed by atoms with Crippen LogP contribution in [0.2, 0.25) is 0 Å². The molecule has 3 heteroatoms. The van der Waals surface area contributed by atoms with Gasteiger partial charge in [0.25, 0.3) is 0 Å². The average Bonchev–Trinajstić information content (AvgIpc) is 2.13. The van der Waals surface area contributed by atoms with Crippen molar-refractivity contribution in [3.05, 3.63) is 35.7 Å². The highest BCUT2D eigenvalue weighted by Gasteiger charge is 2.21. The summed E-state index contributed by atoms with van der Waals surface area (Å²) in [5.74, 6) is 0. The van der Waals surface area contributed by atoms with E-state index >= 15 is 0 Å². The van der Waals surface area contributed by atoms with Gasteiger partial charge in [0.2, 0.25) is 0 Å². The summed E-state index contributed by atoms with van der Waals surface area (Å²) in [5.41, 5.74) is 0.543. The second-order valence-corrected chi connectivity index (χ2v) is 2.50. The fraction of sp³-hybridized carbons (Fsp3) is 0.222. The number of pyridine rings is 1. The second kappa shape index (κ2) is 2.69. The Labute approximate surface area is 72.8 Å². The number of rotatable bonds is 0. The molecule has 0 aliphatic heterocycles. The van der Waals surface area contributed by atoms with Gasteiger partial charge in [-0.1, -0.05) is 12.1 Å². The standard InChI is InChI=1S/C9H9NO2/c11-8-4-3-7-6(9(8)12)2-1-5-10-7/h1-5,8-9,11-12H/t8-,9-/m0/s1/i8D,9D. The molecule has 0 spiro atoms. The van der Waals surface area contributed by atoms with Gasteiger partial charge in [-0.15, -0.1) is 0 Å². The molecule has 3 nitrogen and oxygen atoms in total. The molecule has 0 bridgehead atoms. The molecule has 0 unspecified atom stereocenters. The first-order valence-corrected chi connectivity index (χ1v) is 3.55. The molecule has 1 heterocycles. The Morgan fingerprint density at radius 2 is 2.33 bits per heavy atom. The van der Waals surface area contributed by atoms with Gasteiger partial charge in [-0.2, -0.15) is 0 Å². The van der Waals surface area contributed by atoms with Crippen molar-refractivity contribution in [1.82, 2.24) is 4.98 Å². The van der Waals surface area contributed by atoms with Crippen LogP contribution in [0, 0.1) is 0 Å². The molecule has 62 valence electrons. The average molecular weight is 165 g/mol. The zero-order valence-corrected chi connectivity index (χ0v) is 6.23. The molecule has 0 aromatic carbocycles. The Morgan fingerprint density at radius 1 is 1.50 bits per heavy atom. The number of aromatic nitrogens is 1. The molecule has 1 aliphatic carbocycles. The summed E-state index contributed by atoms with van der Waals surface area (Å²) >= 11 is 0. The van der Waals surface area contributed by atoms with Gasteiger partial charge >= 0.3 is 0 Å². The Balaban J connectivity index is 2.66. The fourth-order valence-electron chi connectivity index (χ4n) is 1.13. The highest BCUT2D eigenvalue weighted by Crippen LogP contribution is 2.25. The smallest absolute Gasteiger partial charge is 0.111 e. The third-order valence-corrected chi connectivity index (χ3v) is 1.74. The van der Waals surface area contributed by atoms with E-state index in [-0.39, 0.29) is 5.56 Å². The number of aliphatic hydroxyl groups is 2. The highest BCUT2D eigenvalue weighted by atomic mass is 16.3. The molecular formula is C9H9NO2. The van der Waals surface area contributed by atoms with E-state index in [1.807, 2.05) is 0 Å². The first-order chi connectivity index (χ1) is 6.45. The van der Waals surface area contributed by atoms with Crippen LogP contribution in [0.3, 0.4) is 0 Å². The van der Waals surface area contributed by atoms with Crippen LogP contribution in [0.5, 0.6) is 0 Å². The molecule has 1 aromatic rings. The van der Waals surface area contributed by atoms with Crippen LogP contribution >= 0.6 is 0 Å². The molecule has 1 aliphatic rings. The Kier molecular flexibility index (Phi) is 1.22. The maximum absolute atomic E-state index is 9.69. The first-order valence-electron chi connectivity index (χ1n) is 4.55. The van der Waals surface area contributed by atoms with Crippen LogP contribution in [0.15, 0.2) is 24.4 Å². The maximum atomic E-state index is 9.69.